The predicted molar refractivity (Wildman–Crippen MR) is 74.6 cm³/mol. The van der Waals surface area contributed by atoms with E-state index < -0.39 is 11.9 Å². The molecule has 1 N–H and O–H groups in total. The maximum absolute atomic E-state index is 11.6. The summed E-state index contributed by atoms with van der Waals surface area (Å²) in [4.78, 5) is 22.9. The van der Waals surface area contributed by atoms with Gasteiger partial charge in [-0.3, -0.25) is 4.79 Å². The number of carbonyl (C=O) groups excluding carboxylic acids is 2. The fourth-order valence-corrected chi connectivity index (χ4v) is 1.41. The fourth-order valence-electron chi connectivity index (χ4n) is 1.41. The third-order valence-electron chi connectivity index (χ3n) is 2.41. The van der Waals surface area contributed by atoms with Gasteiger partial charge in [-0.05, 0) is 23.8 Å². The van der Waals surface area contributed by atoms with Crippen LogP contribution in [0.5, 0.6) is 0 Å². The van der Waals surface area contributed by atoms with Crippen LogP contribution in [0.2, 0.25) is 0 Å². The van der Waals surface area contributed by atoms with E-state index in [0.29, 0.717) is 17.7 Å². The molecule has 0 unspecified atom stereocenters. The van der Waals surface area contributed by atoms with E-state index in [2.05, 4.69) is 16.6 Å². The third-order valence-corrected chi connectivity index (χ3v) is 2.41. The number of rotatable bonds is 5. The Morgan fingerprint density at radius 3 is 2.55 bits per heavy atom. The summed E-state index contributed by atoms with van der Waals surface area (Å²) in [6.07, 6.45) is 2.97. The highest BCUT2D eigenvalue weighted by molar-refractivity contribution is 6.01. The quantitative estimate of drug-likeness (QED) is 0.382. The lowest BCUT2D eigenvalue weighted by Crippen LogP contribution is -2.24. The number of nitrogens with one attached hydrogen (secondary N) is 1. The van der Waals surface area contributed by atoms with Crippen LogP contribution in [-0.2, 0) is 9.53 Å². The Morgan fingerprint density at radius 2 is 2.05 bits per heavy atom. The molecular weight excluding hydrogens is 256 g/mol. The van der Waals surface area contributed by atoms with Crippen molar-refractivity contribution in [3.63, 3.8) is 0 Å². The molecule has 0 aromatic heterocycles. The monoisotopic (exact) mass is 270 g/mol. The number of benzene rings is 1. The minimum absolute atomic E-state index is 0.0160. The molecule has 0 aliphatic heterocycles. The summed E-state index contributed by atoms with van der Waals surface area (Å²) < 4.78 is 4.58. The van der Waals surface area contributed by atoms with Crippen LogP contribution in [0.25, 0.3) is 6.08 Å². The van der Waals surface area contributed by atoms with Crippen LogP contribution in [0.3, 0.4) is 0 Å². The van der Waals surface area contributed by atoms with Crippen LogP contribution in [0.4, 0.5) is 0 Å². The van der Waals surface area contributed by atoms with E-state index in [-0.39, 0.29) is 5.57 Å². The first-order chi connectivity index (χ1) is 9.62. The summed E-state index contributed by atoms with van der Waals surface area (Å²) in [5, 5.41) is 11.5. The number of hydrogen-bond donors (Lipinski definition) is 1. The summed E-state index contributed by atoms with van der Waals surface area (Å²) in [5.74, 6) is -0.908. The van der Waals surface area contributed by atoms with Crippen molar-refractivity contribution in [1.29, 1.82) is 5.26 Å². The van der Waals surface area contributed by atoms with Crippen molar-refractivity contribution in [2.24, 2.45) is 0 Å². The topological polar surface area (TPSA) is 79.2 Å². The Hall–Kier alpha value is -2.87. The van der Waals surface area contributed by atoms with E-state index in [0.717, 1.165) is 0 Å². The highest BCUT2D eigenvalue weighted by Gasteiger charge is 2.08. The second-order valence-electron chi connectivity index (χ2n) is 3.78. The minimum atomic E-state index is -0.468. The Bertz CT molecular complexity index is 580. The van der Waals surface area contributed by atoms with Gasteiger partial charge in [0.25, 0.3) is 5.91 Å². The summed E-state index contributed by atoms with van der Waals surface area (Å²) in [5.41, 5.74) is 1.03. The normalized spacial score (nSPS) is 10.3. The van der Waals surface area contributed by atoms with Crippen LogP contribution in [0.15, 0.2) is 42.5 Å². The van der Waals surface area contributed by atoms with Crippen molar-refractivity contribution in [1.82, 2.24) is 5.32 Å². The van der Waals surface area contributed by atoms with E-state index >= 15 is 0 Å². The lowest BCUT2D eigenvalue weighted by atomic mass is 10.1. The zero-order valence-corrected chi connectivity index (χ0v) is 11.1. The molecule has 1 amide bonds. The van der Waals surface area contributed by atoms with Crippen molar-refractivity contribution in [3.05, 3.63) is 53.6 Å². The molecule has 0 saturated carbocycles. The molecule has 0 aliphatic carbocycles. The Kier molecular flexibility index (Phi) is 5.73. The van der Waals surface area contributed by atoms with Crippen LogP contribution in [-0.4, -0.2) is 25.5 Å². The zero-order chi connectivity index (χ0) is 15.0. The first-order valence-electron chi connectivity index (χ1n) is 5.81. The van der Waals surface area contributed by atoms with Crippen LogP contribution in [0.1, 0.15) is 15.9 Å². The Morgan fingerprint density at radius 1 is 1.40 bits per heavy atom. The molecule has 0 aliphatic rings. The number of ether oxygens (including phenoxy) is 1. The zero-order valence-electron chi connectivity index (χ0n) is 11.1. The fraction of sp³-hybridized carbons (Fsp3) is 0.133. The highest BCUT2D eigenvalue weighted by Crippen LogP contribution is 2.10. The smallest absolute Gasteiger partial charge is 0.337 e. The van der Waals surface area contributed by atoms with Gasteiger partial charge >= 0.3 is 5.97 Å². The van der Waals surface area contributed by atoms with Gasteiger partial charge in [-0.2, -0.15) is 5.26 Å². The molecule has 0 atom stereocenters. The van der Waals surface area contributed by atoms with E-state index in [1.165, 1.54) is 19.3 Å². The van der Waals surface area contributed by atoms with Crippen LogP contribution >= 0.6 is 0 Å². The molecule has 5 nitrogen and oxygen atoms in total. The molecule has 0 radical (unpaired) electrons. The van der Waals surface area contributed by atoms with Gasteiger partial charge in [0, 0.05) is 6.54 Å². The number of nitrogens with zero attached hydrogens (tertiary/aromatic N) is 1. The molecule has 1 aromatic rings. The molecule has 0 spiro atoms. The van der Waals surface area contributed by atoms with Gasteiger partial charge in [-0.1, -0.05) is 18.2 Å². The maximum atomic E-state index is 11.6. The first-order valence-corrected chi connectivity index (χ1v) is 5.81. The summed E-state index contributed by atoms with van der Waals surface area (Å²) >= 11 is 0. The van der Waals surface area contributed by atoms with E-state index in [1.807, 2.05) is 6.07 Å². The SMILES string of the molecule is C=CCNC(=O)/C(C#N)=C/c1ccc(C(=O)OC)cc1. The summed E-state index contributed by atoms with van der Waals surface area (Å²) in [7, 11) is 1.30. The number of amides is 1. The largest absolute Gasteiger partial charge is 0.465 e. The first kappa shape index (κ1) is 15.2. The molecule has 1 aromatic carbocycles. The highest BCUT2D eigenvalue weighted by atomic mass is 16.5. The molecule has 1 rings (SSSR count). The van der Waals surface area contributed by atoms with Crippen LogP contribution < -0.4 is 5.32 Å². The third kappa shape index (κ3) is 4.10. The van der Waals surface area contributed by atoms with Crippen molar-refractivity contribution in [3.8, 4) is 6.07 Å². The van der Waals surface area contributed by atoms with Crippen molar-refractivity contribution in [2.75, 3.05) is 13.7 Å². The summed E-state index contributed by atoms with van der Waals surface area (Å²) in [6.45, 7) is 3.77. The van der Waals surface area contributed by atoms with Gasteiger partial charge in [0.05, 0.1) is 12.7 Å². The standard InChI is InChI=1S/C15H14N2O3/c1-3-8-17-14(18)13(10-16)9-11-4-6-12(7-5-11)15(19)20-2/h3-7,9H,1,8H2,2H3,(H,17,18)/b13-9+. The van der Waals surface area contributed by atoms with Crippen molar-refractivity contribution in [2.45, 2.75) is 0 Å². The second kappa shape index (κ2) is 7.54. The van der Waals surface area contributed by atoms with Gasteiger partial charge in [-0.25, -0.2) is 4.79 Å². The second-order valence-corrected chi connectivity index (χ2v) is 3.78. The number of hydrogen-bond acceptors (Lipinski definition) is 4. The van der Waals surface area contributed by atoms with Gasteiger partial charge < -0.3 is 10.1 Å². The van der Waals surface area contributed by atoms with E-state index in [9.17, 15) is 9.59 Å². The van der Waals surface area contributed by atoms with Gasteiger partial charge in [0.15, 0.2) is 0 Å². The number of carbonyl (C=O) groups is 2. The average Bonchev–Trinajstić information content (AvgIpc) is 2.50. The minimum Gasteiger partial charge on any atom is -0.465 e. The molecule has 0 heterocycles. The Labute approximate surface area is 117 Å². The molecule has 5 heteroatoms. The van der Waals surface area contributed by atoms with Gasteiger partial charge in [0.1, 0.15) is 11.6 Å². The molecular formula is C15H14N2O3. The van der Waals surface area contributed by atoms with E-state index in [1.54, 1.807) is 24.3 Å². The average molecular weight is 270 g/mol. The number of esters is 1. The molecule has 102 valence electrons. The maximum Gasteiger partial charge on any atom is 0.337 e. The number of nitriles is 1. The molecule has 0 saturated heterocycles. The van der Waals surface area contributed by atoms with E-state index in [4.69, 9.17) is 5.26 Å². The number of methoxy groups -OCH3 is 1. The van der Waals surface area contributed by atoms with Gasteiger partial charge in [-0.15, -0.1) is 6.58 Å². The Balaban J connectivity index is 2.91. The predicted octanol–water partition coefficient (Wildman–Crippen LogP) is 1.68. The summed E-state index contributed by atoms with van der Waals surface area (Å²) in [6, 6.07) is 8.22. The molecule has 0 fully saturated rings. The molecule has 20 heavy (non-hydrogen) atoms. The lowest BCUT2D eigenvalue weighted by Gasteiger charge is -2.02. The molecule has 0 bridgehead atoms. The van der Waals surface area contributed by atoms with Crippen molar-refractivity contribution < 1.29 is 14.3 Å². The van der Waals surface area contributed by atoms with Gasteiger partial charge in [0.2, 0.25) is 0 Å². The lowest BCUT2D eigenvalue weighted by molar-refractivity contribution is -0.116. The van der Waals surface area contributed by atoms with Crippen molar-refractivity contribution >= 4 is 18.0 Å². The van der Waals surface area contributed by atoms with Crippen LogP contribution in [0, 0.1) is 11.3 Å².